The van der Waals surface area contributed by atoms with Gasteiger partial charge in [0.2, 0.25) is 5.75 Å². The first-order valence-electron chi connectivity index (χ1n) is 7.27. The van der Waals surface area contributed by atoms with Gasteiger partial charge in [0, 0.05) is 12.6 Å². The van der Waals surface area contributed by atoms with E-state index in [1.165, 1.54) is 21.3 Å². The summed E-state index contributed by atoms with van der Waals surface area (Å²) >= 11 is 0. The van der Waals surface area contributed by atoms with E-state index < -0.39 is 17.7 Å². The van der Waals surface area contributed by atoms with Crippen LogP contribution in [0.15, 0.2) is 30.3 Å². The highest BCUT2D eigenvalue weighted by Crippen LogP contribution is 2.38. The summed E-state index contributed by atoms with van der Waals surface area (Å²) in [5.41, 5.74) is 0.423. The van der Waals surface area contributed by atoms with Crippen molar-refractivity contribution in [3.05, 3.63) is 47.5 Å². The second-order valence-corrected chi connectivity index (χ2v) is 4.97. The van der Waals surface area contributed by atoms with E-state index in [0.29, 0.717) is 22.8 Å². The van der Waals surface area contributed by atoms with Crippen molar-refractivity contribution in [1.29, 1.82) is 0 Å². The first kappa shape index (κ1) is 18.3. The van der Waals surface area contributed by atoms with Crippen molar-refractivity contribution >= 4 is 11.7 Å². The maximum absolute atomic E-state index is 13.5. The van der Waals surface area contributed by atoms with Gasteiger partial charge in [-0.05, 0) is 29.8 Å². The third kappa shape index (κ3) is 4.50. The molecule has 0 aromatic heterocycles. The molecule has 0 radical (unpaired) electrons. The smallest absolute Gasteiger partial charge is 0.319 e. The van der Waals surface area contributed by atoms with Crippen LogP contribution in [0.2, 0.25) is 0 Å². The third-order valence-electron chi connectivity index (χ3n) is 3.35. The van der Waals surface area contributed by atoms with Crippen molar-refractivity contribution in [1.82, 2.24) is 5.32 Å². The number of hydrogen-bond donors (Lipinski definition) is 2. The Morgan fingerprint density at radius 1 is 1.00 bits per heavy atom. The van der Waals surface area contributed by atoms with Crippen LogP contribution in [-0.2, 0) is 6.54 Å². The molecule has 0 bridgehead atoms. The second-order valence-electron chi connectivity index (χ2n) is 4.97. The molecule has 0 aliphatic rings. The number of carbonyl (C=O) groups excluding carboxylic acids is 1. The molecular formula is C17H18F2N2O4. The van der Waals surface area contributed by atoms with Gasteiger partial charge in [0.25, 0.3) is 0 Å². The number of halogens is 2. The predicted molar refractivity (Wildman–Crippen MR) is 88.3 cm³/mol. The summed E-state index contributed by atoms with van der Waals surface area (Å²) < 4.78 is 42.3. The molecule has 0 saturated carbocycles. The zero-order valence-electron chi connectivity index (χ0n) is 14.0. The van der Waals surface area contributed by atoms with E-state index in [4.69, 9.17) is 14.2 Å². The molecule has 0 aliphatic carbocycles. The first-order chi connectivity index (χ1) is 12.0. The summed E-state index contributed by atoms with van der Waals surface area (Å²) in [6.07, 6.45) is 0. The number of anilines is 1. The van der Waals surface area contributed by atoms with E-state index in [1.807, 2.05) is 0 Å². The second kappa shape index (κ2) is 8.18. The fraction of sp³-hybridized carbons (Fsp3) is 0.235. The lowest BCUT2D eigenvalue weighted by molar-refractivity contribution is 0.251. The molecule has 2 aromatic rings. The van der Waals surface area contributed by atoms with Crippen LogP contribution < -0.4 is 24.8 Å². The van der Waals surface area contributed by atoms with E-state index >= 15 is 0 Å². The van der Waals surface area contributed by atoms with Gasteiger partial charge >= 0.3 is 6.03 Å². The highest BCUT2D eigenvalue weighted by molar-refractivity contribution is 5.89. The molecular weight excluding hydrogens is 334 g/mol. The Balaban J connectivity index is 2.07. The van der Waals surface area contributed by atoms with Gasteiger partial charge in [-0.3, -0.25) is 0 Å². The number of nitrogens with one attached hydrogen (secondary N) is 2. The van der Waals surface area contributed by atoms with Gasteiger partial charge in [0.15, 0.2) is 11.5 Å². The topological polar surface area (TPSA) is 68.8 Å². The Morgan fingerprint density at radius 2 is 1.64 bits per heavy atom. The third-order valence-corrected chi connectivity index (χ3v) is 3.35. The molecule has 2 rings (SSSR count). The Kier molecular flexibility index (Phi) is 5.99. The van der Waals surface area contributed by atoms with Gasteiger partial charge in [0.05, 0.1) is 27.0 Å². The van der Waals surface area contributed by atoms with Gasteiger partial charge in [0.1, 0.15) is 11.6 Å². The number of rotatable bonds is 6. The van der Waals surface area contributed by atoms with Crippen molar-refractivity contribution in [3.63, 3.8) is 0 Å². The van der Waals surface area contributed by atoms with Crippen LogP contribution in [0, 0.1) is 11.6 Å². The van der Waals surface area contributed by atoms with Crippen LogP contribution in [0.5, 0.6) is 17.2 Å². The summed E-state index contributed by atoms with van der Waals surface area (Å²) in [7, 11) is 4.45. The normalized spacial score (nSPS) is 10.1. The summed E-state index contributed by atoms with van der Waals surface area (Å²) in [5.74, 6) is -0.0730. The number of ether oxygens (including phenoxy) is 3. The van der Waals surface area contributed by atoms with Gasteiger partial charge in [-0.2, -0.15) is 0 Å². The summed E-state index contributed by atoms with van der Waals surface area (Å²) in [6.45, 7) is 0.111. The molecule has 2 N–H and O–H groups in total. The molecule has 0 saturated heterocycles. The fourth-order valence-corrected chi connectivity index (χ4v) is 2.18. The lowest BCUT2D eigenvalue weighted by atomic mass is 10.2. The highest BCUT2D eigenvalue weighted by Gasteiger charge is 2.14. The van der Waals surface area contributed by atoms with Gasteiger partial charge in [-0.1, -0.05) is 0 Å². The zero-order valence-corrected chi connectivity index (χ0v) is 14.0. The van der Waals surface area contributed by atoms with E-state index in [0.717, 1.165) is 18.2 Å². The Labute approximate surface area is 143 Å². The maximum Gasteiger partial charge on any atom is 0.319 e. The van der Waals surface area contributed by atoms with Crippen molar-refractivity contribution in [2.24, 2.45) is 0 Å². The van der Waals surface area contributed by atoms with E-state index in [9.17, 15) is 13.6 Å². The highest BCUT2D eigenvalue weighted by atomic mass is 19.1. The molecule has 8 heteroatoms. The molecule has 0 atom stereocenters. The van der Waals surface area contributed by atoms with Gasteiger partial charge in [-0.25, -0.2) is 13.6 Å². The van der Waals surface area contributed by atoms with Crippen molar-refractivity contribution < 1.29 is 27.8 Å². The number of urea groups is 1. The van der Waals surface area contributed by atoms with Crippen LogP contribution in [0.1, 0.15) is 5.56 Å². The number of benzene rings is 2. The van der Waals surface area contributed by atoms with E-state index in [1.54, 1.807) is 12.1 Å². The van der Waals surface area contributed by atoms with Gasteiger partial charge < -0.3 is 24.8 Å². The molecule has 0 spiro atoms. The summed E-state index contributed by atoms with van der Waals surface area (Å²) in [5, 5.41) is 4.79. The molecule has 0 unspecified atom stereocenters. The molecule has 0 fully saturated rings. The number of amides is 2. The quantitative estimate of drug-likeness (QED) is 0.837. The number of methoxy groups -OCH3 is 3. The minimum absolute atomic E-state index is 0.111. The first-order valence-corrected chi connectivity index (χ1v) is 7.27. The largest absolute Gasteiger partial charge is 0.493 e. The van der Waals surface area contributed by atoms with Crippen LogP contribution in [0.3, 0.4) is 0 Å². The monoisotopic (exact) mass is 352 g/mol. The molecule has 0 aliphatic heterocycles. The average Bonchev–Trinajstić information content (AvgIpc) is 2.61. The maximum atomic E-state index is 13.5. The average molecular weight is 352 g/mol. The predicted octanol–water partition coefficient (Wildman–Crippen LogP) is 3.31. The number of hydrogen-bond acceptors (Lipinski definition) is 4. The zero-order chi connectivity index (χ0) is 18.4. The van der Waals surface area contributed by atoms with Crippen LogP contribution in [0.4, 0.5) is 19.3 Å². The Hall–Kier alpha value is -3.03. The SMILES string of the molecule is COc1cc(CNC(=O)Nc2cc(F)ccc2F)cc(OC)c1OC. The Bertz CT molecular complexity index is 743. The molecule has 25 heavy (non-hydrogen) atoms. The van der Waals surface area contributed by atoms with Crippen LogP contribution >= 0.6 is 0 Å². The Morgan fingerprint density at radius 3 is 2.20 bits per heavy atom. The van der Waals surface area contributed by atoms with Gasteiger partial charge in [-0.15, -0.1) is 0 Å². The lowest BCUT2D eigenvalue weighted by Crippen LogP contribution is -2.28. The standard InChI is InChI=1S/C17H18F2N2O4/c1-23-14-6-10(7-15(24-2)16(14)25-3)9-20-17(22)21-13-8-11(18)4-5-12(13)19/h4-8H,9H2,1-3H3,(H2,20,21,22). The summed E-state index contributed by atoms with van der Waals surface area (Å²) in [4.78, 5) is 11.9. The molecule has 2 aromatic carbocycles. The van der Waals surface area contributed by atoms with E-state index in [2.05, 4.69) is 10.6 Å². The summed E-state index contributed by atoms with van der Waals surface area (Å²) in [6, 6.07) is 5.46. The van der Waals surface area contributed by atoms with Crippen molar-refractivity contribution in [3.8, 4) is 17.2 Å². The molecule has 0 heterocycles. The lowest BCUT2D eigenvalue weighted by Gasteiger charge is -2.14. The minimum Gasteiger partial charge on any atom is -0.493 e. The number of carbonyl (C=O) groups is 1. The minimum atomic E-state index is -0.732. The van der Waals surface area contributed by atoms with Crippen LogP contribution in [0.25, 0.3) is 0 Å². The van der Waals surface area contributed by atoms with Crippen LogP contribution in [-0.4, -0.2) is 27.4 Å². The fourth-order valence-electron chi connectivity index (χ4n) is 2.18. The van der Waals surface area contributed by atoms with Crippen molar-refractivity contribution in [2.75, 3.05) is 26.6 Å². The molecule has 134 valence electrons. The molecule has 6 nitrogen and oxygen atoms in total. The van der Waals surface area contributed by atoms with E-state index in [-0.39, 0.29) is 12.2 Å². The van der Waals surface area contributed by atoms with Crippen molar-refractivity contribution in [2.45, 2.75) is 6.54 Å². The molecule has 2 amide bonds.